The molecule has 2 heterocycles. The zero-order chi connectivity index (χ0) is 13.0. The van der Waals surface area contributed by atoms with Gasteiger partial charge in [-0.3, -0.25) is 0 Å². The van der Waals surface area contributed by atoms with Crippen molar-refractivity contribution in [1.82, 2.24) is 4.98 Å². The van der Waals surface area contributed by atoms with Crippen molar-refractivity contribution < 1.29 is 14.6 Å². The van der Waals surface area contributed by atoms with Crippen LogP contribution in [0.2, 0.25) is 0 Å². The van der Waals surface area contributed by atoms with Crippen LogP contribution in [-0.2, 0) is 9.53 Å². The first-order chi connectivity index (χ1) is 8.70. The van der Waals surface area contributed by atoms with Crippen LogP contribution in [-0.4, -0.2) is 34.8 Å². The maximum Gasteiger partial charge on any atom is 0.332 e. The summed E-state index contributed by atoms with van der Waals surface area (Å²) < 4.78 is 5.35. The van der Waals surface area contributed by atoms with E-state index in [0.29, 0.717) is 30.8 Å². The summed E-state index contributed by atoms with van der Waals surface area (Å²) in [6.07, 6.45) is 1.95. The lowest BCUT2D eigenvalue weighted by Gasteiger charge is -2.13. The van der Waals surface area contributed by atoms with Gasteiger partial charge in [0.05, 0.1) is 11.7 Å². The molecule has 2 atom stereocenters. The number of pyridine rings is 1. The molecule has 6 nitrogen and oxygen atoms in total. The summed E-state index contributed by atoms with van der Waals surface area (Å²) in [5, 5.41) is 20.7. The molecule has 2 rings (SSSR count). The number of carboxylic acid groups (broad SMARTS) is 1. The van der Waals surface area contributed by atoms with Crippen molar-refractivity contribution in [2.45, 2.75) is 25.0 Å². The summed E-state index contributed by atoms with van der Waals surface area (Å²) in [4.78, 5) is 14.8. The van der Waals surface area contributed by atoms with Gasteiger partial charge < -0.3 is 15.2 Å². The zero-order valence-corrected chi connectivity index (χ0v) is 9.67. The van der Waals surface area contributed by atoms with Gasteiger partial charge in [0.25, 0.3) is 0 Å². The Balaban J connectivity index is 1.89. The van der Waals surface area contributed by atoms with Gasteiger partial charge in [-0.25, -0.2) is 9.78 Å². The van der Waals surface area contributed by atoms with E-state index >= 15 is 0 Å². The smallest absolute Gasteiger partial charge is 0.332 e. The third-order valence-electron chi connectivity index (χ3n) is 2.81. The molecule has 1 saturated heterocycles. The summed E-state index contributed by atoms with van der Waals surface area (Å²) in [5.41, 5.74) is 0.463. The van der Waals surface area contributed by atoms with Crippen LogP contribution in [0.4, 0.5) is 5.82 Å². The molecule has 0 bridgehead atoms. The molecule has 1 aliphatic heterocycles. The van der Waals surface area contributed by atoms with E-state index in [4.69, 9.17) is 15.1 Å². The first kappa shape index (κ1) is 12.3. The highest BCUT2D eigenvalue weighted by Crippen LogP contribution is 2.20. The molecule has 94 valence electrons. The van der Waals surface area contributed by atoms with Crippen molar-refractivity contribution in [2.24, 2.45) is 0 Å². The average molecular weight is 247 g/mol. The number of carbonyl (C=O) groups is 1. The number of hydrogen-bond acceptors (Lipinski definition) is 5. The van der Waals surface area contributed by atoms with Crippen molar-refractivity contribution in [1.29, 1.82) is 5.26 Å². The minimum atomic E-state index is -0.923. The second-order valence-corrected chi connectivity index (χ2v) is 4.05. The van der Waals surface area contributed by atoms with Crippen molar-refractivity contribution in [3.05, 3.63) is 23.9 Å². The van der Waals surface area contributed by atoms with Crippen LogP contribution in [0.25, 0.3) is 0 Å². The standard InChI is InChI=1S/C12H13N3O3/c13-6-8-2-1-5-14-11(8)15-7-9-3-4-10(18-9)12(16)17/h1-2,5,9-10H,3-4,7H2,(H,14,15)(H,16,17). The summed E-state index contributed by atoms with van der Waals surface area (Å²) in [6.45, 7) is 0.454. The Labute approximate surface area is 104 Å². The first-order valence-corrected chi connectivity index (χ1v) is 5.68. The van der Waals surface area contributed by atoms with Gasteiger partial charge in [0.1, 0.15) is 11.9 Å². The largest absolute Gasteiger partial charge is 0.479 e. The number of ether oxygens (including phenoxy) is 1. The number of anilines is 1. The monoisotopic (exact) mass is 247 g/mol. The molecular formula is C12H13N3O3. The Morgan fingerprint density at radius 2 is 2.50 bits per heavy atom. The number of nitrogens with zero attached hydrogens (tertiary/aromatic N) is 2. The van der Waals surface area contributed by atoms with Gasteiger partial charge in [-0.15, -0.1) is 0 Å². The average Bonchev–Trinajstić information content (AvgIpc) is 2.85. The third kappa shape index (κ3) is 2.76. The quantitative estimate of drug-likeness (QED) is 0.824. The molecule has 0 saturated carbocycles. The van der Waals surface area contributed by atoms with Crippen LogP contribution in [0.1, 0.15) is 18.4 Å². The predicted octanol–water partition coefficient (Wildman–Crippen LogP) is 0.997. The van der Waals surface area contributed by atoms with Crippen molar-refractivity contribution in [3.63, 3.8) is 0 Å². The van der Waals surface area contributed by atoms with E-state index in [0.717, 1.165) is 0 Å². The van der Waals surface area contributed by atoms with Gasteiger partial charge in [0.2, 0.25) is 0 Å². The fourth-order valence-corrected chi connectivity index (χ4v) is 1.88. The van der Waals surface area contributed by atoms with E-state index in [-0.39, 0.29) is 6.10 Å². The zero-order valence-electron chi connectivity index (χ0n) is 9.67. The van der Waals surface area contributed by atoms with E-state index in [1.165, 1.54) is 0 Å². The van der Waals surface area contributed by atoms with Crippen molar-refractivity contribution in [3.8, 4) is 6.07 Å². The number of carboxylic acids is 1. The number of rotatable bonds is 4. The molecule has 0 radical (unpaired) electrons. The third-order valence-corrected chi connectivity index (χ3v) is 2.81. The summed E-state index contributed by atoms with van der Waals surface area (Å²) in [5.74, 6) is -0.421. The Morgan fingerprint density at radius 1 is 1.67 bits per heavy atom. The second kappa shape index (κ2) is 5.47. The molecular weight excluding hydrogens is 234 g/mol. The highest BCUT2D eigenvalue weighted by molar-refractivity contribution is 5.72. The molecule has 2 unspecified atom stereocenters. The Hall–Kier alpha value is -2.13. The Kier molecular flexibility index (Phi) is 3.75. The minimum absolute atomic E-state index is 0.153. The lowest BCUT2D eigenvalue weighted by Crippen LogP contribution is -2.24. The molecule has 18 heavy (non-hydrogen) atoms. The maximum atomic E-state index is 10.7. The van der Waals surface area contributed by atoms with Crippen LogP contribution in [0.15, 0.2) is 18.3 Å². The second-order valence-electron chi connectivity index (χ2n) is 4.05. The Bertz CT molecular complexity index is 484. The van der Waals surface area contributed by atoms with E-state index in [1.54, 1.807) is 18.3 Å². The topological polar surface area (TPSA) is 95.2 Å². The van der Waals surface area contributed by atoms with E-state index in [2.05, 4.69) is 10.3 Å². The van der Waals surface area contributed by atoms with Crippen LogP contribution < -0.4 is 5.32 Å². The van der Waals surface area contributed by atoms with Gasteiger partial charge in [-0.05, 0) is 25.0 Å². The molecule has 0 amide bonds. The van der Waals surface area contributed by atoms with E-state index < -0.39 is 12.1 Å². The SMILES string of the molecule is N#Cc1cccnc1NCC1CCC(C(=O)O)O1. The molecule has 2 N–H and O–H groups in total. The first-order valence-electron chi connectivity index (χ1n) is 5.68. The molecule has 0 spiro atoms. The molecule has 0 aromatic carbocycles. The molecule has 6 heteroatoms. The number of nitriles is 1. The summed E-state index contributed by atoms with van der Waals surface area (Å²) >= 11 is 0. The van der Waals surface area contributed by atoms with Crippen LogP contribution in [0.3, 0.4) is 0 Å². The highest BCUT2D eigenvalue weighted by atomic mass is 16.5. The van der Waals surface area contributed by atoms with Crippen LogP contribution in [0, 0.1) is 11.3 Å². The molecule has 1 fully saturated rings. The maximum absolute atomic E-state index is 10.7. The van der Waals surface area contributed by atoms with Gasteiger partial charge in [-0.1, -0.05) is 0 Å². The van der Waals surface area contributed by atoms with Gasteiger partial charge in [0.15, 0.2) is 6.10 Å². The molecule has 1 aromatic heterocycles. The van der Waals surface area contributed by atoms with Crippen molar-refractivity contribution >= 4 is 11.8 Å². The Morgan fingerprint density at radius 3 is 3.17 bits per heavy atom. The summed E-state index contributed by atoms with van der Waals surface area (Å²) in [6, 6.07) is 5.40. The molecule has 0 aliphatic carbocycles. The predicted molar refractivity (Wildman–Crippen MR) is 63.0 cm³/mol. The highest BCUT2D eigenvalue weighted by Gasteiger charge is 2.30. The van der Waals surface area contributed by atoms with Gasteiger partial charge in [-0.2, -0.15) is 5.26 Å². The normalized spacial score (nSPS) is 22.4. The minimum Gasteiger partial charge on any atom is -0.479 e. The van der Waals surface area contributed by atoms with Crippen molar-refractivity contribution in [2.75, 3.05) is 11.9 Å². The van der Waals surface area contributed by atoms with Crippen LogP contribution >= 0.6 is 0 Å². The number of hydrogen-bond donors (Lipinski definition) is 2. The van der Waals surface area contributed by atoms with Gasteiger partial charge in [0, 0.05) is 12.7 Å². The van der Waals surface area contributed by atoms with E-state index in [1.807, 2.05) is 6.07 Å². The van der Waals surface area contributed by atoms with E-state index in [9.17, 15) is 4.79 Å². The lowest BCUT2D eigenvalue weighted by atomic mass is 10.2. The molecule has 1 aromatic rings. The lowest BCUT2D eigenvalue weighted by molar-refractivity contribution is -0.149. The fourth-order valence-electron chi connectivity index (χ4n) is 1.88. The number of aliphatic carboxylic acids is 1. The molecule has 1 aliphatic rings. The summed E-state index contributed by atoms with van der Waals surface area (Å²) in [7, 11) is 0. The van der Waals surface area contributed by atoms with Gasteiger partial charge >= 0.3 is 5.97 Å². The number of nitrogens with one attached hydrogen (secondary N) is 1. The van der Waals surface area contributed by atoms with Crippen LogP contribution in [0.5, 0.6) is 0 Å². The fraction of sp³-hybridized carbons (Fsp3) is 0.417. The number of aromatic nitrogens is 1.